The number of ether oxygens (including phenoxy) is 1. The standard InChI is InChI=1S/C12H13Cl2F3N2O2/c1-11(2,3)21-10(20)19-9(12(15,16)17)6-4-7(13)18-8(14)5-6/h4-5,9H,1-3H3,(H,19,20). The molecule has 0 spiro atoms. The third kappa shape index (κ3) is 5.97. The molecule has 1 N–H and O–H groups in total. The molecule has 0 fully saturated rings. The molecule has 1 heterocycles. The van der Waals surface area contributed by atoms with Crippen LogP contribution in [0, 0.1) is 0 Å². The number of amides is 1. The molecule has 21 heavy (non-hydrogen) atoms. The molecule has 0 saturated heterocycles. The lowest BCUT2D eigenvalue weighted by Crippen LogP contribution is -2.41. The van der Waals surface area contributed by atoms with E-state index in [0.29, 0.717) is 0 Å². The first-order valence-electron chi connectivity index (χ1n) is 5.78. The fraction of sp³-hybridized carbons (Fsp3) is 0.500. The number of aromatic nitrogens is 1. The Balaban J connectivity index is 3.05. The summed E-state index contributed by atoms with van der Waals surface area (Å²) in [6.45, 7) is 4.61. The van der Waals surface area contributed by atoms with Crippen LogP contribution in [0.25, 0.3) is 0 Å². The van der Waals surface area contributed by atoms with Crippen molar-refractivity contribution in [2.75, 3.05) is 0 Å². The van der Waals surface area contributed by atoms with Gasteiger partial charge in [0.2, 0.25) is 0 Å². The number of carbonyl (C=O) groups is 1. The molecule has 118 valence electrons. The highest BCUT2D eigenvalue weighted by Gasteiger charge is 2.43. The predicted octanol–water partition coefficient (Wildman–Crippen LogP) is 4.52. The monoisotopic (exact) mass is 344 g/mol. The van der Waals surface area contributed by atoms with Crippen LogP contribution in [0.15, 0.2) is 12.1 Å². The van der Waals surface area contributed by atoms with Crippen molar-refractivity contribution in [2.45, 2.75) is 38.6 Å². The second kappa shape index (κ2) is 6.27. The van der Waals surface area contributed by atoms with E-state index in [2.05, 4.69) is 4.98 Å². The third-order valence-corrected chi connectivity index (χ3v) is 2.49. The summed E-state index contributed by atoms with van der Waals surface area (Å²) in [7, 11) is 0. The number of carbonyl (C=O) groups excluding carboxylic acids is 1. The topological polar surface area (TPSA) is 51.2 Å². The van der Waals surface area contributed by atoms with Crippen LogP contribution < -0.4 is 5.32 Å². The number of alkyl halides is 3. The summed E-state index contributed by atoms with van der Waals surface area (Å²) in [6, 6.07) is -0.350. The maximum atomic E-state index is 13.1. The SMILES string of the molecule is CC(C)(C)OC(=O)NC(c1cc(Cl)nc(Cl)c1)C(F)(F)F. The minimum atomic E-state index is -4.75. The molecule has 0 aromatic carbocycles. The van der Waals surface area contributed by atoms with Crippen LogP contribution in [0.1, 0.15) is 32.4 Å². The fourth-order valence-electron chi connectivity index (χ4n) is 1.43. The van der Waals surface area contributed by atoms with Crippen LogP contribution >= 0.6 is 23.2 Å². The molecular weight excluding hydrogens is 332 g/mol. The van der Waals surface area contributed by atoms with E-state index in [4.69, 9.17) is 27.9 Å². The predicted molar refractivity (Wildman–Crippen MR) is 72.4 cm³/mol. The second-order valence-electron chi connectivity index (χ2n) is 5.17. The zero-order valence-electron chi connectivity index (χ0n) is 11.4. The Labute approximate surface area is 129 Å². The van der Waals surface area contributed by atoms with Crippen molar-refractivity contribution in [1.82, 2.24) is 10.3 Å². The van der Waals surface area contributed by atoms with E-state index in [-0.39, 0.29) is 15.9 Å². The zero-order valence-corrected chi connectivity index (χ0v) is 12.9. The summed E-state index contributed by atoms with van der Waals surface area (Å²) in [5.41, 5.74) is -1.26. The summed E-state index contributed by atoms with van der Waals surface area (Å²) in [5.74, 6) is 0. The molecular formula is C12H13Cl2F3N2O2. The highest BCUT2D eigenvalue weighted by Crippen LogP contribution is 2.34. The summed E-state index contributed by atoms with van der Waals surface area (Å²) < 4.78 is 44.1. The second-order valence-corrected chi connectivity index (χ2v) is 5.94. The molecule has 1 aromatic heterocycles. The van der Waals surface area contributed by atoms with E-state index in [1.807, 2.05) is 0 Å². The molecule has 9 heteroatoms. The first-order valence-corrected chi connectivity index (χ1v) is 6.53. The average Bonchev–Trinajstić information content (AvgIpc) is 2.20. The Kier molecular flexibility index (Phi) is 5.33. The zero-order chi connectivity index (χ0) is 16.4. The van der Waals surface area contributed by atoms with Crippen molar-refractivity contribution in [3.05, 3.63) is 28.0 Å². The molecule has 1 amide bonds. The molecule has 0 aliphatic heterocycles. The van der Waals surface area contributed by atoms with Crippen molar-refractivity contribution >= 4 is 29.3 Å². The molecule has 4 nitrogen and oxygen atoms in total. The van der Waals surface area contributed by atoms with Crippen molar-refractivity contribution in [3.63, 3.8) is 0 Å². The number of alkyl carbamates (subject to hydrolysis) is 1. The smallest absolute Gasteiger partial charge is 0.412 e. The summed E-state index contributed by atoms with van der Waals surface area (Å²) >= 11 is 11.2. The average molecular weight is 345 g/mol. The highest BCUT2D eigenvalue weighted by molar-refractivity contribution is 6.32. The Hall–Kier alpha value is -1.21. The molecule has 1 unspecified atom stereocenters. The number of halogens is 5. The summed E-state index contributed by atoms with van der Waals surface area (Å²) in [5, 5.41) is 1.33. The number of rotatable bonds is 2. The van der Waals surface area contributed by atoms with E-state index in [9.17, 15) is 18.0 Å². The van der Waals surface area contributed by atoms with Crippen molar-refractivity contribution in [3.8, 4) is 0 Å². The first-order chi connectivity index (χ1) is 9.38. The molecule has 1 rings (SSSR count). The molecule has 0 saturated carbocycles. The van der Waals surface area contributed by atoms with Crippen molar-refractivity contribution in [2.24, 2.45) is 0 Å². The first kappa shape index (κ1) is 17.8. The molecule has 1 atom stereocenters. The number of pyridine rings is 1. The van der Waals surface area contributed by atoms with E-state index in [0.717, 1.165) is 12.1 Å². The largest absolute Gasteiger partial charge is 0.444 e. The van der Waals surface area contributed by atoms with Gasteiger partial charge < -0.3 is 10.1 Å². The van der Waals surface area contributed by atoms with Gasteiger partial charge in [0.1, 0.15) is 15.9 Å². The quantitative estimate of drug-likeness (QED) is 0.802. The fourth-order valence-corrected chi connectivity index (χ4v) is 1.91. The van der Waals surface area contributed by atoms with E-state index >= 15 is 0 Å². The van der Waals surface area contributed by atoms with Crippen LogP contribution in [0.4, 0.5) is 18.0 Å². The Morgan fingerprint density at radius 1 is 1.24 bits per heavy atom. The van der Waals surface area contributed by atoms with Gasteiger partial charge in [-0.05, 0) is 38.5 Å². The normalized spacial score (nSPS) is 13.7. The number of nitrogens with one attached hydrogen (secondary N) is 1. The van der Waals surface area contributed by atoms with Gasteiger partial charge in [-0.2, -0.15) is 13.2 Å². The lowest BCUT2D eigenvalue weighted by Gasteiger charge is -2.25. The lowest BCUT2D eigenvalue weighted by molar-refractivity contribution is -0.156. The summed E-state index contributed by atoms with van der Waals surface area (Å²) in [4.78, 5) is 15.1. The van der Waals surface area contributed by atoms with Crippen LogP contribution in [-0.4, -0.2) is 22.9 Å². The molecule has 0 radical (unpaired) electrons. The van der Waals surface area contributed by atoms with E-state index in [1.165, 1.54) is 20.8 Å². The minimum absolute atomic E-state index is 0.210. The number of hydrogen-bond donors (Lipinski definition) is 1. The molecule has 0 aliphatic rings. The maximum Gasteiger partial charge on any atom is 0.412 e. The third-order valence-electron chi connectivity index (χ3n) is 2.11. The van der Waals surface area contributed by atoms with Crippen LogP contribution in [0.3, 0.4) is 0 Å². The van der Waals surface area contributed by atoms with Gasteiger partial charge >= 0.3 is 12.3 Å². The maximum absolute atomic E-state index is 13.1. The van der Waals surface area contributed by atoms with E-state index < -0.39 is 23.9 Å². The van der Waals surface area contributed by atoms with Gasteiger partial charge in [-0.3, -0.25) is 0 Å². The van der Waals surface area contributed by atoms with Crippen LogP contribution in [0.5, 0.6) is 0 Å². The molecule has 0 aliphatic carbocycles. The molecule has 0 bridgehead atoms. The highest BCUT2D eigenvalue weighted by atomic mass is 35.5. The number of nitrogens with zero attached hydrogens (tertiary/aromatic N) is 1. The minimum Gasteiger partial charge on any atom is -0.444 e. The van der Waals surface area contributed by atoms with Crippen molar-refractivity contribution in [1.29, 1.82) is 0 Å². The summed E-state index contributed by atoms with van der Waals surface area (Å²) in [6.07, 6.45) is -5.95. The van der Waals surface area contributed by atoms with Gasteiger partial charge in [-0.25, -0.2) is 9.78 Å². The van der Waals surface area contributed by atoms with E-state index in [1.54, 1.807) is 5.32 Å². The van der Waals surface area contributed by atoms with Gasteiger partial charge in [0.25, 0.3) is 0 Å². The Morgan fingerprint density at radius 2 is 1.71 bits per heavy atom. The van der Waals surface area contributed by atoms with Crippen LogP contribution in [-0.2, 0) is 4.74 Å². The van der Waals surface area contributed by atoms with Gasteiger partial charge in [0.15, 0.2) is 6.04 Å². The Bertz CT molecular complexity index is 510. The molecule has 1 aromatic rings. The van der Waals surface area contributed by atoms with Gasteiger partial charge in [0.05, 0.1) is 0 Å². The van der Waals surface area contributed by atoms with Gasteiger partial charge in [-0.1, -0.05) is 23.2 Å². The van der Waals surface area contributed by atoms with Gasteiger partial charge in [0, 0.05) is 0 Å². The lowest BCUT2D eigenvalue weighted by atomic mass is 10.1. The number of hydrogen-bond acceptors (Lipinski definition) is 3. The van der Waals surface area contributed by atoms with Crippen LogP contribution in [0.2, 0.25) is 10.3 Å². The van der Waals surface area contributed by atoms with Gasteiger partial charge in [-0.15, -0.1) is 0 Å². The Morgan fingerprint density at radius 3 is 2.10 bits per heavy atom. The van der Waals surface area contributed by atoms with Crippen molar-refractivity contribution < 1.29 is 22.7 Å².